The van der Waals surface area contributed by atoms with Gasteiger partial charge in [0.1, 0.15) is 6.04 Å². The van der Waals surface area contributed by atoms with Crippen molar-refractivity contribution in [2.75, 3.05) is 0 Å². The number of aliphatic carboxylic acids is 1. The first-order valence-electron chi connectivity index (χ1n) is 6.12. The SMILES string of the molecule is C=CCC(C)C(C)N[C@@H](CCCC)C(=O)O. The van der Waals surface area contributed by atoms with E-state index in [1.807, 2.05) is 13.0 Å². The van der Waals surface area contributed by atoms with Gasteiger partial charge in [0.15, 0.2) is 0 Å². The molecule has 0 aromatic rings. The zero-order chi connectivity index (χ0) is 12.6. The third kappa shape index (κ3) is 5.91. The molecule has 0 radical (unpaired) electrons. The van der Waals surface area contributed by atoms with E-state index in [1.165, 1.54) is 0 Å². The Balaban J connectivity index is 4.16. The van der Waals surface area contributed by atoms with Crippen molar-refractivity contribution < 1.29 is 9.90 Å². The van der Waals surface area contributed by atoms with E-state index in [9.17, 15) is 4.79 Å². The molecule has 0 spiro atoms. The van der Waals surface area contributed by atoms with E-state index >= 15 is 0 Å². The molecule has 0 saturated heterocycles. The number of hydrogen-bond donors (Lipinski definition) is 2. The number of carbonyl (C=O) groups is 1. The molecule has 0 aliphatic rings. The summed E-state index contributed by atoms with van der Waals surface area (Å²) in [6.45, 7) is 9.92. The number of hydrogen-bond acceptors (Lipinski definition) is 2. The van der Waals surface area contributed by atoms with Gasteiger partial charge in [0, 0.05) is 6.04 Å². The summed E-state index contributed by atoms with van der Waals surface area (Å²) in [5, 5.41) is 12.3. The minimum Gasteiger partial charge on any atom is -0.480 e. The van der Waals surface area contributed by atoms with Crippen LogP contribution in [-0.4, -0.2) is 23.2 Å². The van der Waals surface area contributed by atoms with Gasteiger partial charge in [0.05, 0.1) is 0 Å². The molecule has 0 bridgehead atoms. The van der Waals surface area contributed by atoms with Crippen LogP contribution < -0.4 is 5.32 Å². The molecule has 3 atom stereocenters. The van der Waals surface area contributed by atoms with Crippen molar-refractivity contribution in [2.45, 2.75) is 58.5 Å². The summed E-state index contributed by atoms with van der Waals surface area (Å²) >= 11 is 0. The number of nitrogens with one attached hydrogen (secondary N) is 1. The average molecular weight is 227 g/mol. The minimum absolute atomic E-state index is 0.205. The van der Waals surface area contributed by atoms with Crippen LogP contribution in [-0.2, 0) is 4.79 Å². The maximum Gasteiger partial charge on any atom is 0.320 e. The first-order chi connectivity index (χ1) is 7.52. The molecule has 0 aliphatic carbocycles. The molecule has 0 aromatic heterocycles. The smallest absolute Gasteiger partial charge is 0.320 e. The van der Waals surface area contributed by atoms with Crippen molar-refractivity contribution in [1.29, 1.82) is 0 Å². The maximum atomic E-state index is 11.0. The summed E-state index contributed by atoms with van der Waals surface area (Å²) in [5.74, 6) is -0.327. The Hall–Kier alpha value is -0.830. The molecule has 0 amide bonds. The molecule has 0 rings (SSSR count). The van der Waals surface area contributed by atoms with Crippen LogP contribution in [0.1, 0.15) is 46.5 Å². The van der Waals surface area contributed by atoms with Crippen LogP contribution in [0.2, 0.25) is 0 Å². The molecule has 94 valence electrons. The van der Waals surface area contributed by atoms with Gasteiger partial charge in [-0.1, -0.05) is 32.8 Å². The number of allylic oxidation sites excluding steroid dienone is 1. The van der Waals surface area contributed by atoms with E-state index < -0.39 is 12.0 Å². The minimum atomic E-state index is -0.744. The van der Waals surface area contributed by atoms with Crippen molar-refractivity contribution in [1.82, 2.24) is 5.32 Å². The summed E-state index contributed by atoms with van der Waals surface area (Å²) in [6, 6.07) is -0.210. The van der Waals surface area contributed by atoms with E-state index in [4.69, 9.17) is 5.11 Å². The van der Waals surface area contributed by atoms with E-state index in [-0.39, 0.29) is 6.04 Å². The number of carboxylic acid groups (broad SMARTS) is 1. The predicted molar refractivity (Wildman–Crippen MR) is 67.5 cm³/mol. The Bertz CT molecular complexity index is 216. The van der Waals surface area contributed by atoms with Gasteiger partial charge in [-0.05, 0) is 25.7 Å². The van der Waals surface area contributed by atoms with Crippen molar-refractivity contribution in [3.05, 3.63) is 12.7 Å². The molecule has 16 heavy (non-hydrogen) atoms. The van der Waals surface area contributed by atoms with Crippen LogP contribution in [0.4, 0.5) is 0 Å². The Morgan fingerprint density at radius 3 is 2.56 bits per heavy atom. The van der Waals surface area contributed by atoms with E-state index in [0.717, 1.165) is 19.3 Å². The van der Waals surface area contributed by atoms with Crippen molar-refractivity contribution >= 4 is 5.97 Å². The predicted octanol–water partition coefficient (Wildman–Crippen LogP) is 2.82. The lowest BCUT2D eigenvalue weighted by Crippen LogP contribution is -2.44. The molecule has 0 fully saturated rings. The summed E-state index contributed by atoms with van der Waals surface area (Å²) in [6.07, 6.45) is 5.48. The molecule has 0 heterocycles. The van der Waals surface area contributed by atoms with Crippen LogP contribution in [0.25, 0.3) is 0 Å². The summed E-state index contributed by atoms with van der Waals surface area (Å²) in [5.41, 5.74) is 0. The van der Waals surface area contributed by atoms with Crippen molar-refractivity contribution in [2.24, 2.45) is 5.92 Å². The molecule has 2 N–H and O–H groups in total. The lowest BCUT2D eigenvalue weighted by molar-refractivity contribution is -0.140. The van der Waals surface area contributed by atoms with Gasteiger partial charge >= 0.3 is 5.97 Å². The maximum absolute atomic E-state index is 11.0. The highest BCUT2D eigenvalue weighted by Crippen LogP contribution is 2.11. The monoisotopic (exact) mass is 227 g/mol. The standard InChI is InChI=1S/C13H25NO2/c1-5-7-9-12(13(15)16)14-11(4)10(3)8-6-2/h6,10-12,14H,2,5,7-9H2,1,3-4H3,(H,15,16)/t10?,11?,12-/m0/s1. The quantitative estimate of drug-likeness (QED) is 0.595. The third-order valence-corrected chi connectivity index (χ3v) is 3.00. The zero-order valence-corrected chi connectivity index (χ0v) is 10.7. The summed E-state index contributed by atoms with van der Waals surface area (Å²) < 4.78 is 0. The van der Waals surface area contributed by atoms with Gasteiger partial charge in [-0.2, -0.15) is 0 Å². The van der Waals surface area contributed by atoms with Crippen LogP contribution in [0, 0.1) is 5.92 Å². The Kier molecular flexibility index (Phi) is 7.90. The topological polar surface area (TPSA) is 49.3 Å². The molecule has 0 saturated carbocycles. The van der Waals surface area contributed by atoms with Gasteiger partial charge in [0.25, 0.3) is 0 Å². The van der Waals surface area contributed by atoms with Crippen molar-refractivity contribution in [3.8, 4) is 0 Å². The Labute approximate surface area is 98.9 Å². The highest BCUT2D eigenvalue weighted by atomic mass is 16.4. The largest absolute Gasteiger partial charge is 0.480 e. The van der Waals surface area contributed by atoms with E-state index in [2.05, 4.69) is 25.7 Å². The first-order valence-corrected chi connectivity index (χ1v) is 6.12. The summed E-state index contributed by atoms with van der Waals surface area (Å²) in [7, 11) is 0. The number of unbranched alkanes of at least 4 members (excludes halogenated alkanes) is 1. The van der Waals surface area contributed by atoms with Crippen LogP contribution in [0.15, 0.2) is 12.7 Å². The number of rotatable bonds is 9. The second kappa shape index (κ2) is 8.34. The molecule has 2 unspecified atom stereocenters. The van der Waals surface area contributed by atoms with Crippen LogP contribution in [0.3, 0.4) is 0 Å². The van der Waals surface area contributed by atoms with Gasteiger partial charge in [0.2, 0.25) is 0 Å². The van der Waals surface area contributed by atoms with Gasteiger partial charge in [-0.3, -0.25) is 4.79 Å². The normalized spacial score (nSPS) is 16.4. The molecule has 3 nitrogen and oxygen atoms in total. The van der Waals surface area contributed by atoms with E-state index in [0.29, 0.717) is 12.3 Å². The van der Waals surface area contributed by atoms with Crippen LogP contribution >= 0.6 is 0 Å². The van der Waals surface area contributed by atoms with Gasteiger partial charge in [-0.25, -0.2) is 0 Å². The summed E-state index contributed by atoms with van der Waals surface area (Å²) in [4.78, 5) is 11.0. The fourth-order valence-corrected chi connectivity index (χ4v) is 1.63. The molecule has 0 aromatic carbocycles. The van der Waals surface area contributed by atoms with Gasteiger partial charge in [-0.15, -0.1) is 6.58 Å². The molecule has 0 aliphatic heterocycles. The highest BCUT2D eigenvalue weighted by Gasteiger charge is 2.21. The Morgan fingerprint density at radius 2 is 2.12 bits per heavy atom. The Morgan fingerprint density at radius 1 is 1.50 bits per heavy atom. The average Bonchev–Trinajstić information content (AvgIpc) is 2.23. The number of carboxylic acids is 1. The van der Waals surface area contributed by atoms with Crippen LogP contribution in [0.5, 0.6) is 0 Å². The zero-order valence-electron chi connectivity index (χ0n) is 10.7. The van der Waals surface area contributed by atoms with Gasteiger partial charge < -0.3 is 10.4 Å². The second-order valence-electron chi connectivity index (χ2n) is 4.49. The fourth-order valence-electron chi connectivity index (χ4n) is 1.63. The molecule has 3 heteroatoms. The first kappa shape index (κ1) is 15.2. The van der Waals surface area contributed by atoms with E-state index in [1.54, 1.807) is 0 Å². The third-order valence-electron chi connectivity index (χ3n) is 3.00. The highest BCUT2D eigenvalue weighted by molar-refractivity contribution is 5.73. The molecular weight excluding hydrogens is 202 g/mol. The molecular formula is C13H25NO2. The van der Waals surface area contributed by atoms with Crippen molar-refractivity contribution in [3.63, 3.8) is 0 Å². The lowest BCUT2D eigenvalue weighted by atomic mass is 9.98. The fraction of sp³-hybridized carbons (Fsp3) is 0.769. The lowest BCUT2D eigenvalue weighted by Gasteiger charge is -2.24. The second-order valence-corrected chi connectivity index (χ2v) is 4.49.